The fourth-order valence-electron chi connectivity index (χ4n) is 5.11. The van der Waals surface area contributed by atoms with Crippen molar-refractivity contribution in [2.24, 2.45) is 0 Å². The number of carbonyl (C=O) groups is 1. The molecule has 3 aromatic rings. The van der Waals surface area contributed by atoms with Gasteiger partial charge in [0.2, 0.25) is 5.75 Å². The van der Waals surface area contributed by atoms with Gasteiger partial charge in [0.1, 0.15) is 11.6 Å². The van der Waals surface area contributed by atoms with Crippen LogP contribution in [0.25, 0.3) is 0 Å². The van der Waals surface area contributed by atoms with Gasteiger partial charge < -0.3 is 19.5 Å². The zero-order chi connectivity index (χ0) is 25.6. The second kappa shape index (κ2) is 9.03. The molecule has 0 bridgehead atoms. The van der Waals surface area contributed by atoms with E-state index in [4.69, 9.17) is 14.2 Å². The van der Waals surface area contributed by atoms with E-state index >= 15 is 0 Å². The number of halogens is 1. The first-order chi connectivity index (χ1) is 17.3. The highest BCUT2D eigenvalue weighted by molar-refractivity contribution is 6.01. The third kappa shape index (κ3) is 3.84. The van der Waals surface area contributed by atoms with Gasteiger partial charge in [-0.25, -0.2) is 9.18 Å². The summed E-state index contributed by atoms with van der Waals surface area (Å²) >= 11 is 0. The molecule has 186 valence electrons. The summed E-state index contributed by atoms with van der Waals surface area (Å²) in [7, 11) is 4.56. The molecule has 3 N–H and O–H groups in total. The number of aromatic amines is 2. The molecule has 0 radical (unpaired) electrons. The van der Waals surface area contributed by atoms with E-state index in [1.165, 1.54) is 33.5 Å². The number of carbonyl (C=O) groups excluding carboxylic acids is 1. The van der Waals surface area contributed by atoms with Gasteiger partial charge in [-0.3, -0.25) is 19.6 Å². The number of ketones is 1. The minimum Gasteiger partial charge on any atom is -0.493 e. The summed E-state index contributed by atoms with van der Waals surface area (Å²) in [5, 5.41) is 3.12. The van der Waals surface area contributed by atoms with E-state index in [0.29, 0.717) is 40.5 Å². The predicted molar refractivity (Wildman–Crippen MR) is 130 cm³/mol. The van der Waals surface area contributed by atoms with Crippen LogP contribution in [0.5, 0.6) is 17.2 Å². The molecule has 2 heterocycles. The molecule has 10 heteroatoms. The smallest absolute Gasteiger partial charge is 0.327 e. The van der Waals surface area contributed by atoms with Gasteiger partial charge >= 0.3 is 5.69 Å². The van der Waals surface area contributed by atoms with Crippen molar-refractivity contribution >= 4 is 11.6 Å². The van der Waals surface area contributed by atoms with E-state index in [-0.39, 0.29) is 29.5 Å². The van der Waals surface area contributed by atoms with Gasteiger partial charge in [-0.15, -0.1) is 0 Å². The molecule has 2 unspecified atom stereocenters. The second-order valence-electron chi connectivity index (χ2n) is 8.69. The normalized spacial score (nSPS) is 18.7. The Kier molecular flexibility index (Phi) is 5.87. The number of fused-ring (bicyclic) bond motifs is 1. The Labute approximate surface area is 204 Å². The van der Waals surface area contributed by atoms with Crippen molar-refractivity contribution in [2.45, 2.75) is 24.7 Å². The van der Waals surface area contributed by atoms with E-state index in [1.807, 2.05) is 12.1 Å². The highest BCUT2D eigenvalue weighted by atomic mass is 19.1. The van der Waals surface area contributed by atoms with Crippen LogP contribution in [-0.4, -0.2) is 37.1 Å². The molecule has 0 amide bonds. The topological polar surface area (TPSA) is 123 Å². The zero-order valence-electron chi connectivity index (χ0n) is 19.9. The molecule has 9 nitrogen and oxygen atoms in total. The quantitative estimate of drug-likeness (QED) is 0.499. The Hall–Kier alpha value is -4.34. The summed E-state index contributed by atoms with van der Waals surface area (Å²) in [5.74, 6) is 0.0245. The number of ether oxygens (including phenoxy) is 3. The average molecular weight is 493 g/mol. The van der Waals surface area contributed by atoms with Crippen molar-refractivity contribution in [2.75, 3.05) is 26.6 Å². The number of rotatable bonds is 5. The Balaban J connectivity index is 1.64. The maximum atomic E-state index is 13.7. The Morgan fingerprint density at radius 1 is 0.861 bits per heavy atom. The first kappa shape index (κ1) is 23.4. The molecule has 0 saturated carbocycles. The molecule has 5 rings (SSSR count). The van der Waals surface area contributed by atoms with E-state index < -0.39 is 23.0 Å². The first-order valence-corrected chi connectivity index (χ1v) is 11.3. The summed E-state index contributed by atoms with van der Waals surface area (Å²) in [5.41, 5.74) is 1.33. The van der Waals surface area contributed by atoms with Crippen LogP contribution < -0.4 is 30.8 Å². The van der Waals surface area contributed by atoms with Crippen molar-refractivity contribution in [3.8, 4) is 17.2 Å². The van der Waals surface area contributed by atoms with Crippen molar-refractivity contribution < 1.29 is 23.4 Å². The number of hydrogen-bond acceptors (Lipinski definition) is 7. The monoisotopic (exact) mass is 493 g/mol. The number of hydrogen-bond donors (Lipinski definition) is 3. The van der Waals surface area contributed by atoms with Gasteiger partial charge in [-0.05, 0) is 47.7 Å². The molecule has 0 saturated heterocycles. The van der Waals surface area contributed by atoms with Gasteiger partial charge in [0.15, 0.2) is 17.3 Å². The molecule has 2 aromatic carbocycles. The van der Waals surface area contributed by atoms with Crippen LogP contribution in [-0.2, 0) is 4.79 Å². The van der Waals surface area contributed by atoms with Crippen LogP contribution in [0.4, 0.5) is 10.2 Å². The maximum absolute atomic E-state index is 13.7. The molecular weight excluding hydrogens is 469 g/mol. The fraction of sp³-hybridized carbons (Fsp3) is 0.269. The number of methoxy groups -OCH3 is 3. The van der Waals surface area contributed by atoms with Gasteiger partial charge in [0.25, 0.3) is 5.56 Å². The largest absolute Gasteiger partial charge is 0.493 e. The molecule has 1 aromatic heterocycles. The van der Waals surface area contributed by atoms with Gasteiger partial charge in [0.05, 0.1) is 26.9 Å². The molecule has 0 fully saturated rings. The lowest BCUT2D eigenvalue weighted by atomic mass is 9.72. The van der Waals surface area contributed by atoms with Crippen LogP contribution in [0.3, 0.4) is 0 Å². The summed E-state index contributed by atoms with van der Waals surface area (Å²) in [6.45, 7) is 0. The number of aromatic nitrogens is 2. The fourth-order valence-corrected chi connectivity index (χ4v) is 5.11. The molecule has 0 spiro atoms. The van der Waals surface area contributed by atoms with E-state index in [2.05, 4.69) is 15.3 Å². The SMILES string of the molecule is COc1cc(C2CC(=O)C3=C(C2)Nc2[nH]c(=O)[nH]c(=O)c2C3c2ccc(F)cc2)cc(OC)c1OC. The summed E-state index contributed by atoms with van der Waals surface area (Å²) in [6, 6.07) is 9.27. The van der Waals surface area contributed by atoms with Crippen LogP contribution in [0, 0.1) is 5.82 Å². The van der Waals surface area contributed by atoms with E-state index in [0.717, 1.165) is 5.56 Å². The van der Waals surface area contributed by atoms with E-state index in [9.17, 15) is 18.8 Å². The average Bonchev–Trinajstić information content (AvgIpc) is 2.86. The molecule has 36 heavy (non-hydrogen) atoms. The number of anilines is 1. The maximum Gasteiger partial charge on any atom is 0.327 e. The molecular formula is C26H24FN3O6. The highest BCUT2D eigenvalue weighted by Gasteiger charge is 2.40. The number of allylic oxidation sites excluding steroid dienone is 2. The Morgan fingerprint density at radius 3 is 2.14 bits per heavy atom. The molecule has 1 aliphatic carbocycles. The second-order valence-corrected chi connectivity index (χ2v) is 8.69. The summed E-state index contributed by atoms with van der Waals surface area (Å²) in [6.07, 6.45) is 0.596. The zero-order valence-corrected chi connectivity index (χ0v) is 19.9. The van der Waals surface area contributed by atoms with Crippen molar-refractivity contribution in [3.63, 3.8) is 0 Å². The van der Waals surface area contributed by atoms with Gasteiger partial charge in [-0.1, -0.05) is 12.1 Å². The molecule has 1 aliphatic heterocycles. The van der Waals surface area contributed by atoms with E-state index in [1.54, 1.807) is 12.1 Å². The highest BCUT2D eigenvalue weighted by Crippen LogP contribution is 2.48. The van der Waals surface area contributed by atoms with Crippen LogP contribution >= 0.6 is 0 Å². The number of benzene rings is 2. The number of Topliss-reactive ketones (excluding diaryl/α,β-unsaturated/α-hetero) is 1. The lowest BCUT2D eigenvalue weighted by Crippen LogP contribution is -2.37. The van der Waals surface area contributed by atoms with Crippen molar-refractivity contribution in [1.29, 1.82) is 0 Å². The lowest BCUT2D eigenvalue weighted by molar-refractivity contribution is -0.116. The molecule has 2 aliphatic rings. The van der Waals surface area contributed by atoms with Crippen LogP contribution in [0.2, 0.25) is 0 Å². The third-order valence-corrected chi connectivity index (χ3v) is 6.70. The van der Waals surface area contributed by atoms with Crippen molar-refractivity contribution in [1.82, 2.24) is 9.97 Å². The lowest BCUT2D eigenvalue weighted by Gasteiger charge is -2.35. The molecule has 2 atom stereocenters. The van der Waals surface area contributed by atoms with Crippen LogP contribution in [0.15, 0.2) is 57.3 Å². The number of H-pyrrole nitrogens is 2. The van der Waals surface area contributed by atoms with Gasteiger partial charge in [-0.2, -0.15) is 0 Å². The number of nitrogens with one attached hydrogen (secondary N) is 3. The minimum atomic E-state index is -0.758. The predicted octanol–water partition coefficient (Wildman–Crippen LogP) is 3.19. The Morgan fingerprint density at radius 2 is 1.53 bits per heavy atom. The van der Waals surface area contributed by atoms with Crippen molar-refractivity contribution in [3.05, 3.63) is 91.0 Å². The standard InChI is InChI=1S/C26H24FN3O6/c1-34-18-10-14(11-19(35-2)23(18)36-3)13-8-16-21(17(31)9-13)20(12-4-6-15(27)7-5-12)22-24(28-16)29-26(33)30-25(22)32/h4-7,10-11,13,20H,8-9H2,1-3H3,(H3,28,29,30,32,33). The third-order valence-electron chi connectivity index (χ3n) is 6.70. The van der Waals surface area contributed by atoms with Gasteiger partial charge in [0, 0.05) is 23.6 Å². The first-order valence-electron chi connectivity index (χ1n) is 11.3. The Bertz CT molecular complexity index is 1480. The van der Waals surface area contributed by atoms with Crippen LogP contribution in [0.1, 0.15) is 41.4 Å². The summed E-state index contributed by atoms with van der Waals surface area (Å²) in [4.78, 5) is 43.4. The minimum absolute atomic E-state index is 0.159. The summed E-state index contributed by atoms with van der Waals surface area (Å²) < 4.78 is 30.0.